The highest BCUT2D eigenvalue weighted by molar-refractivity contribution is 7.89. The van der Waals surface area contributed by atoms with Crippen LogP contribution in [0.25, 0.3) is 0 Å². The topological polar surface area (TPSA) is 89.3 Å². The van der Waals surface area contributed by atoms with Crippen molar-refractivity contribution in [3.05, 3.63) is 28.8 Å². The highest BCUT2D eigenvalue weighted by Crippen LogP contribution is 2.19. The van der Waals surface area contributed by atoms with E-state index in [1.54, 1.807) is 0 Å². The van der Waals surface area contributed by atoms with Gasteiger partial charge in [0.05, 0.1) is 15.5 Å². The Labute approximate surface area is 124 Å². The quantitative estimate of drug-likeness (QED) is 0.788. The molecule has 3 N–H and O–H groups in total. The molecular formula is C13H19ClN2O3S. The third-order valence-electron chi connectivity index (χ3n) is 2.75. The smallest absolute Gasteiger partial charge is 0.252 e. The molecule has 0 radical (unpaired) electrons. The lowest BCUT2D eigenvalue weighted by Gasteiger charge is -2.09. The van der Waals surface area contributed by atoms with E-state index in [9.17, 15) is 13.2 Å². The van der Waals surface area contributed by atoms with Crippen molar-refractivity contribution in [1.82, 2.24) is 5.32 Å². The molecule has 0 bridgehead atoms. The molecule has 7 heteroatoms. The van der Waals surface area contributed by atoms with E-state index < -0.39 is 15.9 Å². The first-order valence-electron chi connectivity index (χ1n) is 6.32. The summed E-state index contributed by atoms with van der Waals surface area (Å²) < 4.78 is 22.5. The van der Waals surface area contributed by atoms with Gasteiger partial charge in [0.25, 0.3) is 5.91 Å². The highest BCUT2D eigenvalue weighted by atomic mass is 35.5. The summed E-state index contributed by atoms with van der Waals surface area (Å²) in [7, 11) is -3.85. The van der Waals surface area contributed by atoms with Crippen LogP contribution in [0.2, 0.25) is 5.02 Å². The second-order valence-electron chi connectivity index (χ2n) is 4.98. The van der Waals surface area contributed by atoms with Crippen molar-refractivity contribution >= 4 is 27.5 Å². The number of hydrogen-bond donors (Lipinski definition) is 2. The van der Waals surface area contributed by atoms with Crippen molar-refractivity contribution in [2.75, 3.05) is 6.54 Å². The molecule has 0 saturated heterocycles. The van der Waals surface area contributed by atoms with E-state index >= 15 is 0 Å². The molecule has 0 aliphatic carbocycles. The summed E-state index contributed by atoms with van der Waals surface area (Å²) in [6.45, 7) is 4.73. The Kier molecular flexibility index (Phi) is 5.98. The van der Waals surface area contributed by atoms with Gasteiger partial charge in [0, 0.05) is 6.54 Å². The van der Waals surface area contributed by atoms with Crippen molar-refractivity contribution in [2.24, 2.45) is 11.1 Å². The van der Waals surface area contributed by atoms with Gasteiger partial charge in [0.15, 0.2) is 0 Å². The van der Waals surface area contributed by atoms with E-state index in [1.165, 1.54) is 18.2 Å². The van der Waals surface area contributed by atoms with Gasteiger partial charge in [-0.05, 0) is 37.0 Å². The molecule has 0 unspecified atom stereocenters. The number of hydrogen-bond acceptors (Lipinski definition) is 3. The number of sulfonamides is 1. The largest absolute Gasteiger partial charge is 0.352 e. The molecule has 1 amide bonds. The average Bonchev–Trinajstić information content (AvgIpc) is 2.33. The lowest BCUT2D eigenvalue weighted by molar-refractivity contribution is 0.0952. The van der Waals surface area contributed by atoms with E-state index in [4.69, 9.17) is 16.7 Å². The summed E-state index contributed by atoms with van der Waals surface area (Å²) in [5.74, 6) is 0.172. The summed E-state index contributed by atoms with van der Waals surface area (Å²) in [5, 5.41) is 7.94. The van der Waals surface area contributed by atoms with Gasteiger partial charge >= 0.3 is 0 Å². The predicted molar refractivity (Wildman–Crippen MR) is 79.2 cm³/mol. The van der Waals surface area contributed by atoms with Crippen LogP contribution in [0.15, 0.2) is 23.1 Å². The molecule has 1 aromatic rings. The van der Waals surface area contributed by atoms with Crippen molar-refractivity contribution < 1.29 is 13.2 Å². The number of nitrogens with one attached hydrogen (secondary N) is 1. The average molecular weight is 319 g/mol. The molecule has 0 aliphatic heterocycles. The first-order valence-corrected chi connectivity index (χ1v) is 8.25. The molecule has 0 aliphatic rings. The maximum atomic E-state index is 12.0. The van der Waals surface area contributed by atoms with Crippen LogP contribution in [-0.4, -0.2) is 20.9 Å². The number of amides is 1. The summed E-state index contributed by atoms with van der Waals surface area (Å²) in [6, 6.07) is 3.81. The lowest BCUT2D eigenvalue weighted by atomic mass is 10.1. The number of primary sulfonamides is 1. The number of nitrogens with two attached hydrogens (primary N) is 1. The van der Waals surface area contributed by atoms with E-state index in [2.05, 4.69) is 19.2 Å². The van der Waals surface area contributed by atoms with Crippen LogP contribution in [-0.2, 0) is 10.0 Å². The van der Waals surface area contributed by atoms with E-state index in [1.807, 2.05) is 0 Å². The van der Waals surface area contributed by atoms with Gasteiger partial charge in [0.1, 0.15) is 0 Å². The lowest BCUT2D eigenvalue weighted by Crippen LogP contribution is -2.25. The monoisotopic (exact) mass is 318 g/mol. The van der Waals surface area contributed by atoms with E-state index in [0.717, 1.165) is 12.8 Å². The van der Waals surface area contributed by atoms with Crippen LogP contribution in [0.4, 0.5) is 0 Å². The highest BCUT2D eigenvalue weighted by Gasteiger charge is 2.15. The molecule has 5 nitrogen and oxygen atoms in total. The molecule has 0 fully saturated rings. The molecular weight excluding hydrogens is 300 g/mol. The number of halogens is 1. The van der Waals surface area contributed by atoms with Crippen molar-refractivity contribution in [1.29, 1.82) is 0 Å². The van der Waals surface area contributed by atoms with E-state index in [-0.39, 0.29) is 15.5 Å². The number of rotatable bonds is 6. The zero-order valence-electron chi connectivity index (χ0n) is 11.5. The fraction of sp³-hybridized carbons (Fsp3) is 0.462. The summed E-state index contributed by atoms with van der Waals surface area (Å²) in [6.07, 6.45) is 1.86. The molecule has 0 aromatic heterocycles. The van der Waals surface area contributed by atoms with Crippen LogP contribution < -0.4 is 10.5 Å². The van der Waals surface area contributed by atoms with Gasteiger partial charge in [-0.15, -0.1) is 0 Å². The van der Waals surface area contributed by atoms with Crippen LogP contribution in [0, 0.1) is 5.92 Å². The molecule has 0 heterocycles. The Morgan fingerprint density at radius 1 is 1.40 bits per heavy atom. The van der Waals surface area contributed by atoms with Gasteiger partial charge < -0.3 is 5.32 Å². The van der Waals surface area contributed by atoms with Gasteiger partial charge in [-0.25, -0.2) is 13.6 Å². The zero-order valence-corrected chi connectivity index (χ0v) is 13.1. The predicted octanol–water partition coefficient (Wildman–Crippen LogP) is 2.15. The maximum absolute atomic E-state index is 12.0. The molecule has 0 saturated carbocycles. The summed E-state index contributed by atoms with van der Waals surface area (Å²) >= 11 is 5.91. The Balaban J connectivity index is 2.77. The zero-order chi connectivity index (χ0) is 15.3. The number of benzene rings is 1. The minimum Gasteiger partial charge on any atom is -0.352 e. The summed E-state index contributed by atoms with van der Waals surface area (Å²) in [5.41, 5.74) is 0.114. The van der Waals surface area contributed by atoms with Crippen LogP contribution in [0.1, 0.15) is 37.0 Å². The van der Waals surface area contributed by atoms with Crippen LogP contribution in [0.5, 0.6) is 0 Å². The second-order valence-corrected chi connectivity index (χ2v) is 6.95. The Hall–Kier alpha value is -1.11. The SMILES string of the molecule is CC(C)CCCNC(=O)c1cc(S(N)(=O)=O)ccc1Cl. The number of carbonyl (C=O) groups excluding carboxylic acids is 1. The Morgan fingerprint density at radius 2 is 2.05 bits per heavy atom. The Bertz CT molecular complexity index is 585. The van der Waals surface area contributed by atoms with Crippen molar-refractivity contribution in [2.45, 2.75) is 31.6 Å². The summed E-state index contributed by atoms with van der Waals surface area (Å²) in [4.78, 5) is 11.8. The fourth-order valence-corrected chi connectivity index (χ4v) is 2.41. The molecule has 20 heavy (non-hydrogen) atoms. The Morgan fingerprint density at radius 3 is 2.60 bits per heavy atom. The van der Waals surface area contributed by atoms with Gasteiger partial charge in [-0.3, -0.25) is 4.79 Å². The fourth-order valence-electron chi connectivity index (χ4n) is 1.66. The molecule has 0 atom stereocenters. The molecule has 1 aromatic carbocycles. The standard InChI is InChI=1S/C13H19ClN2O3S/c1-9(2)4-3-7-16-13(17)11-8-10(20(15,18)19)5-6-12(11)14/h5-6,8-9H,3-4,7H2,1-2H3,(H,16,17)(H2,15,18,19). The van der Waals surface area contributed by atoms with E-state index in [0.29, 0.717) is 12.5 Å². The van der Waals surface area contributed by atoms with Gasteiger partial charge in [-0.1, -0.05) is 25.4 Å². The number of carbonyl (C=O) groups is 1. The third kappa shape index (κ3) is 5.11. The van der Waals surface area contributed by atoms with Crippen LogP contribution in [0.3, 0.4) is 0 Å². The molecule has 1 rings (SSSR count). The molecule has 0 spiro atoms. The van der Waals surface area contributed by atoms with Gasteiger partial charge in [-0.2, -0.15) is 0 Å². The third-order valence-corrected chi connectivity index (χ3v) is 4.00. The second kappa shape index (κ2) is 7.06. The normalized spacial score (nSPS) is 11.7. The van der Waals surface area contributed by atoms with Gasteiger partial charge in [0.2, 0.25) is 10.0 Å². The van der Waals surface area contributed by atoms with Crippen molar-refractivity contribution in [3.63, 3.8) is 0 Å². The molecule has 112 valence electrons. The first-order chi connectivity index (χ1) is 9.21. The minimum atomic E-state index is -3.85. The van der Waals surface area contributed by atoms with Crippen LogP contribution >= 0.6 is 11.6 Å². The van der Waals surface area contributed by atoms with Crippen molar-refractivity contribution in [3.8, 4) is 0 Å². The first kappa shape index (κ1) is 16.9. The maximum Gasteiger partial charge on any atom is 0.252 e. The minimum absolute atomic E-state index is 0.114.